The molecule has 0 nitrogen and oxygen atoms in total. The minimum absolute atomic E-state index is 0. The maximum atomic E-state index is 0. The van der Waals surface area contributed by atoms with E-state index in [-0.39, 0.29) is 76.6 Å². The fourth-order valence-electron chi connectivity index (χ4n) is 0. The van der Waals surface area contributed by atoms with Crippen LogP contribution in [0.2, 0.25) is 0 Å². The van der Waals surface area contributed by atoms with E-state index in [1.807, 2.05) is 0 Å². The molecule has 8 heteroatoms. The van der Waals surface area contributed by atoms with Crippen molar-refractivity contribution < 1.29 is 28.2 Å². The van der Waals surface area contributed by atoms with Gasteiger partial charge in [-0.2, -0.15) is 0 Å². The van der Waals surface area contributed by atoms with Crippen molar-refractivity contribution in [2.45, 2.75) is 0 Å². The molecule has 0 aromatic carbocycles. The van der Waals surface area contributed by atoms with Gasteiger partial charge in [0.05, 0.1) is 0 Å². The Balaban J connectivity index is 0. The summed E-state index contributed by atoms with van der Waals surface area (Å²) in [5.41, 5.74) is 0. The summed E-state index contributed by atoms with van der Waals surface area (Å²) in [7, 11) is 0. The topological polar surface area (TPSA) is 0 Å². The Kier molecular flexibility index (Phi) is 16800. The van der Waals surface area contributed by atoms with Gasteiger partial charge < -0.3 is 0 Å². The van der Waals surface area contributed by atoms with Gasteiger partial charge in [0, 0.05) is 0 Å². The predicted octanol–water partition coefficient (Wildman–Crippen LogP) is -0.382. The molecular weight excluding hydrogens is 144 g/mol. The summed E-state index contributed by atoms with van der Waals surface area (Å²) in [5, 5.41) is 0. The molecule has 0 aliphatic carbocycles. The molecule has 0 aromatic rings. The fourth-order valence-corrected chi connectivity index (χ4v) is 0. The standard InChI is InChI=1S/6FH.Li.Na.2H/h6*1H;;;;. The normalized spacial score (nSPS) is 0. The molecule has 0 rings (SSSR count). The summed E-state index contributed by atoms with van der Waals surface area (Å²) in [4.78, 5) is 0. The molecular formula is H8F6LiNa. The van der Waals surface area contributed by atoms with Gasteiger partial charge in [0.1, 0.15) is 0 Å². The molecule has 0 aliphatic rings. The van der Waals surface area contributed by atoms with Crippen LogP contribution in [-0.2, 0) is 0 Å². The molecule has 0 bridgehead atoms. The molecule has 0 amide bonds. The zero-order valence-electron chi connectivity index (χ0n) is 2.45. The Hall–Kier alpha value is 1.18. The number of rotatable bonds is 0. The van der Waals surface area contributed by atoms with Crippen LogP contribution in [0, 0.1) is 0 Å². The molecule has 0 aliphatic heterocycles. The molecule has 0 unspecified atom stereocenters. The van der Waals surface area contributed by atoms with E-state index in [4.69, 9.17) is 0 Å². The van der Waals surface area contributed by atoms with E-state index in [1.165, 1.54) is 0 Å². The Morgan fingerprint density at radius 2 is 0.375 bits per heavy atom. The van der Waals surface area contributed by atoms with Gasteiger partial charge in [-0.25, -0.2) is 0 Å². The quantitative estimate of drug-likeness (QED) is 0.327. The van der Waals surface area contributed by atoms with Crippen LogP contribution in [0.5, 0.6) is 0 Å². The van der Waals surface area contributed by atoms with Crippen molar-refractivity contribution in [3.8, 4) is 0 Å². The van der Waals surface area contributed by atoms with Crippen molar-refractivity contribution in [2.24, 2.45) is 0 Å². The predicted molar refractivity (Wildman–Crippen MR) is 29.3 cm³/mol. The van der Waals surface area contributed by atoms with Crippen molar-refractivity contribution in [1.29, 1.82) is 0 Å². The first-order valence-corrected chi connectivity index (χ1v) is 0. The van der Waals surface area contributed by atoms with Gasteiger partial charge in [-0.3, -0.25) is 28.2 Å². The van der Waals surface area contributed by atoms with Gasteiger partial charge in [-0.05, 0) is 0 Å². The van der Waals surface area contributed by atoms with Crippen LogP contribution in [0.3, 0.4) is 0 Å². The number of hydrogen-bond acceptors (Lipinski definition) is 0. The minimum atomic E-state index is 0. The monoisotopic (exact) mass is 152 g/mol. The second-order valence-corrected chi connectivity index (χ2v) is 0. The van der Waals surface area contributed by atoms with Crippen molar-refractivity contribution in [3.05, 3.63) is 0 Å². The van der Waals surface area contributed by atoms with Crippen LogP contribution in [0.4, 0.5) is 28.2 Å². The molecule has 0 N–H and O–H groups in total. The summed E-state index contributed by atoms with van der Waals surface area (Å²) in [5.74, 6) is 0. The second kappa shape index (κ2) is 304. The third kappa shape index (κ3) is 198. The first-order valence-electron chi connectivity index (χ1n) is 0. The first kappa shape index (κ1) is 443. The van der Waals surface area contributed by atoms with Crippen LogP contribution >= 0.6 is 0 Å². The average molecular weight is 152 g/mol. The Bertz CT molecular complexity index is 8.49. The molecule has 0 fully saturated rings. The zero-order chi connectivity index (χ0) is 0. The average Bonchev–Trinajstić information content (AvgIpc) is 0. The van der Waals surface area contributed by atoms with E-state index >= 15 is 0 Å². The third-order valence-electron chi connectivity index (χ3n) is 0. The van der Waals surface area contributed by atoms with Gasteiger partial charge in [-0.1, -0.05) is 0 Å². The zero-order valence-corrected chi connectivity index (χ0v) is 2.45. The molecule has 0 spiro atoms. The van der Waals surface area contributed by atoms with Gasteiger partial charge in [0.25, 0.3) is 0 Å². The maximum absolute atomic E-state index is 0. The molecule has 0 radical (unpaired) electrons. The van der Waals surface area contributed by atoms with Gasteiger partial charge in [-0.15, -0.1) is 0 Å². The molecule has 0 aromatic heterocycles. The number of halogens is 6. The van der Waals surface area contributed by atoms with Gasteiger partial charge in [0.15, 0.2) is 0 Å². The van der Waals surface area contributed by atoms with Crippen molar-refractivity contribution in [3.63, 3.8) is 0 Å². The van der Waals surface area contributed by atoms with Crippen LogP contribution in [0.15, 0.2) is 0 Å². The number of hydrogen-bond donors (Lipinski definition) is 0. The Morgan fingerprint density at radius 3 is 0.375 bits per heavy atom. The summed E-state index contributed by atoms with van der Waals surface area (Å²) in [6, 6.07) is 0. The first-order chi connectivity index (χ1) is 0. The van der Waals surface area contributed by atoms with E-state index < -0.39 is 0 Å². The molecule has 0 atom stereocenters. The van der Waals surface area contributed by atoms with Crippen molar-refractivity contribution >= 4 is 48.4 Å². The Labute approximate surface area is 76.5 Å². The SMILES string of the molecule is F.F.F.F.F.F.[LiH].[NaH]. The van der Waals surface area contributed by atoms with Gasteiger partial charge >= 0.3 is 48.4 Å². The van der Waals surface area contributed by atoms with Crippen molar-refractivity contribution in [2.75, 3.05) is 0 Å². The van der Waals surface area contributed by atoms with E-state index in [0.717, 1.165) is 0 Å². The molecule has 52 valence electrons. The molecule has 0 saturated carbocycles. The second-order valence-electron chi connectivity index (χ2n) is 0. The van der Waals surface area contributed by atoms with E-state index in [2.05, 4.69) is 0 Å². The summed E-state index contributed by atoms with van der Waals surface area (Å²) in [6.07, 6.45) is 0. The Morgan fingerprint density at radius 1 is 0.375 bits per heavy atom. The van der Waals surface area contributed by atoms with E-state index in [1.54, 1.807) is 0 Å². The summed E-state index contributed by atoms with van der Waals surface area (Å²) < 4.78 is 0. The van der Waals surface area contributed by atoms with E-state index in [0.29, 0.717) is 0 Å². The van der Waals surface area contributed by atoms with Gasteiger partial charge in [0.2, 0.25) is 0 Å². The van der Waals surface area contributed by atoms with E-state index in [9.17, 15) is 0 Å². The van der Waals surface area contributed by atoms with Crippen molar-refractivity contribution in [1.82, 2.24) is 0 Å². The van der Waals surface area contributed by atoms with Crippen LogP contribution in [0.25, 0.3) is 0 Å². The summed E-state index contributed by atoms with van der Waals surface area (Å²) in [6.45, 7) is 0. The molecule has 8 heavy (non-hydrogen) atoms. The van der Waals surface area contributed by atoms with Crippen LogP contribution in [-0.4, -0.2) is 48.4 Å². The fraction of sp³-hybridized carbons (Fsp3) is 0. The van der Waals surface area contributed by atoms with Crippen LogP contribution in [0.1, 0.15) is 0 Å². The van der Waals surface area contributed by atoms with Crippen LogP contribution < -0.4 is 0 Å². The molecule has 0 heterocycles. The molecule has 0 saturated heterocycles. The summed E-state index contributed by atoms with van der Waals surface area (Å²) >= 11 is 0. The third-order valence-corrected chi connectivity index (χ3v) is 0.